The number of anilines is 1. The topological polar surface area (TPSA) is 77.1 Å². The highest BCUT2D eigenvalue weighted by Gasteiger charge is 2.36. The molecule has 0 spiro atoms. The van der Waals surface area contributed by atoms with E-state index < -0.39 is 11.8 Å². The van der Waals surface area contributed by atoms with Crippen LogP contribution in [0.4, 0.5) is 15.0 Å². The maximum atomic E-state index is 13.9. The van der Waals surface area contributed by atoms with Crippen molar-refractivity contribution in [1.29, 1.82) is 0 Å². The summed E-state index contributed by atoms with van der Waals surface area (Å²) in [4.78, 5) is 45.9. The van der Waals surface area contributed by atoms with Crippen LogP contribution >= 0.6 is 0 Å². The van der Waals surface area contributed by atoms with Crippen LogP contribution in [0.2, 0.25) is 0 Å². The van der Waals surface area contributed by atoms with Crippen molar-refractivity contribution in [3.05, 3.63) is 24.1 Å². The number of halogens is 1. The van der Waals surface area contributed by atoms with Crippen molar-refractivity contribution >= 4 is 23.7 Å². The Kier molecular flexibility index (Phi) is 4.82. The van der Waals surface area contributed by atoms with E-state index in [9.17, 15) is 18.8 Å². The molecule has 0 aromatic carbocycles. The fourth-order valence-corrected chi connectivity index (χ4v) is 3.05. The van der Waals surface area contributed by atoms with Gasteiger partial charge in [0.2, 0.25) is 5.91 Å². The molecule has 0 aliphatic carbocycles. The number of likely N-dealkylation sites (N-methyl/N-ethyl adjacent to an activating group) is 1. The fraction of sp³-hybridized carbons (Fsp3) is 0.500. The summed E-state index contributed by atoms with van der Waals surface area (Å²) in [6.45, 7) is 1.67. The second-order valence-electron chi connectivity index (χ2n) is 6.15. The number of nitrogens with zero attached hydrogens (tertiary/aromatic N) is 5. The van der Waals surface area contributed by atoms with Gasteiger partial charge in [-0.15, -0.1) is 0 Å². The molecule has 9 heteroatoms. The molecular formula is C16H20FN5O3. The van der Waals surface area contributed by atoms with E-state index in [0.717, 1.165) is 4.90 Å². The molecule has 0 atom stereocenters. The van der Waals surface area contributed by atoms with Crippen molar-refractivity contribution in [2.45, 2.75) is 6.42 Å². The van der Waals surface area contributed by atoms with E-state index >= 15 is 0 Å². The highest BCUT2D eigenvalue weighted by Crippen LogP contribution is 2.17. The first kappa shape index (κ1) is 17.1. The SMILES string of the molecule is CN1CC(=O)N(CC(=O)N2CCCN(c3ncccc3F)CC2)C1=O. The third kappa shape index (κ3) is 3.54. The summed E-state index contributed by atoms with van der Waals surface area (Å²) in [5.41, 5.74) is 0. The van der Waals surface area contributed by atoms with Crippen LogP contribution in [-0.4, -0.2) is 83.8 Å². The lowest BCUT2D eigenvalue weighted by molar-refractivity contribution is -0.136. The minimum Gasteiger partial charge on any atom is -0.352 e. The average Bonchev–Trinajstić information content (AvgIpc) is 2.78. The molecule has 0 bridgehead atoms. The molecule has 3 rings (SSSR count). The Morgan fingerprint density at radius 3 is 2.72 bits per heavy atom. The van der Waals surface area contributed by atoms with Crippen molar-refractivity contribution < 1.29 is 18.8 Å². The van der Waals surface area contributed by atoms with Crippen molar-refractivity contribution in [2.24, 2.45) is 0 Å². The number of hydrogen-bond donors (Lipinski definition) is 0. The number of hydrogen-bond acceptors (Lipinski definition) is 5. The second-order valence-corrected chi connectivity index (χ2v) is 6.15. The molecule has 25 heavy (non-hydrogen) atoms. The van der Waals surface area contributed by atoms with Crippen molar-refractivity contribution in [3.63, 3.8) is 0 Å². The smallest absolute Gasteiger partial charge is 0.327 e. The van der Waals surface area contributed by atoms with Gasteiger partial charge < -0.3 is 14.7 Å². The third-order valence-electron chi connectivity index (χ3n) is 4.41. The van der Waals surface area contributed by atoms with E-state index in [1.54, 1.807) is 4.90 Å². The van der Waals surface area contributed by atoms with Crippen LogP contribution in [0.3, 0.4) is 0 Å². The fourth-order valence-electron chi connectivity index (χ4n) is 3.05. The van der Waals surface area contributed by atoms with E-state index in [1.165, 1.54) is 30.3 Å². The summed E-state index contributed by atoms with van der Waals surface area (Å²) in [6.07, 6.45) is 2.19. The molecule has 134 valence electrons. The van der Waals surface area contributed by atoms with Crippen LogP contribution < -0.4 is 4.90 Å². The largest absolute Gasteiger partial charge is 0.352 e. The summed E-state index contributed by atoms with van der Waals surface area (Å²) in [5, 5.41) is 0. The maximum Gasteiger partial charge on any atom is 0.327 e. The Balaban J connectivity index is 1.61. The molecule has 0 saturated carbocycles. The van der Waals surface area contributed by atoms with Gasteiger partial charge in [-0.3, -0.25) is 14.5 Å². The standard InChI is InChI=1S/C16H20FN5O3/c1-19-10-14(24)22(16(19)25)11-13(23)20-6-3-7-21(9-8-20)15-12(17)4-2-5-18-15/h2,4-5H,3,6-11H2,1H3. The van der Waals surface area contributed by atoms with Crippen molar-refractivity contribution in [3.8, 4) is 0 Å². The molecule has 4 amide bonds. The number of carbonyl (C=O) groups excluding carboxylic acids is 3. The number of urea groups is 1. The predicted octanol–water partition coefficient (Wildman–Crippen LogP) is 0.153. The van der Waals surface area contributed by atoms with Crippen LogP contribution in [0.5, 0.6) is 0 Å². The van der Waals surface area contributed by atoms with Gasteiger partial charge in [0.25, 0.3) is 5.91 Å². The molecule has 0 N–H and O–H groups in total. The molecule has 3 heterocycles. The van der Waals surface area contributed by atoms with Gasteiger partial charge in [0.15, 0.2) is 11.6 Å². The zero-order valence-corrected chi connectivity index (χ0v) is 14.0. The van der Waals surface area contributed by atoms with E-state index in [4.69, 9.17) is 0 Å². The second kappa shape index (κ2) is 7.04. The van der Waals surface area contributed by atoms with Gasteiger partial charge in [-0.25, -0.2) is 14.2 Å². The summed E-state index contributed by atoms with van der Waals surface area (Å²) in [6, 6.07) is 2.44. The first-order chi connectivity index (χ1) is 12.0. The van der Waals surface area contributed by atoms with E-state index in [2.05, 4.69) is 4.98 Å². The van der Waals surface area contributed by atoms with E-state index in [1.807, 2.05) is 4.90 Å². The first-order valence-corrected chi connectivity index (χ1v) is 8.16. The molecule has 2 fully saturated rings. The lowest BCUT2D eigenvalue weighted by Crippen LogP contribution is -2.44. The first-order valence-electron chi connectivity index (χ1n) is 8.16. The molecule has 2 saturated heterocycles. The summed E-state index contributed by atoms with van der Waals surface area (Å²) in [5.74, 6) is -0.755. The van der Waals surface area contributed by atoms with Crippen LogP contribution in [0, 0.1) is 5.82 Å². The quantitative estimate of drug-likeness (QED) is 0.726. The number of rotatable bonds is 3. The molecule has 1 aromatic heterocycles. The number of carbonyl (C=O) groups is 3. The predicted molar refractivity (Wildman–Crippen MR) is 87.3 cm³/mol. The van der Waals surface area contributed by atoms with Crippen LogP contribution in [-0.2, 0) is 9.59 Å². The molecule has 8 nitrogen and oxygen atoms in total. The van der Waals surface area contributed by atoms with Gasteiger partial charge in [-0.05, 0) is 18.6 Å². The molecular weight excluding hydrogens is 329 g/mol. The molecule has 0 unspecified atom stereocenters. The van der Waals surface area contributed by atoms with Gasteiger partial charge in [0.1, 0.15) is 13.1 Å². The molecule has 1 aromatic rings. The van der Waals surface area contributed by atoms with Gasteiger partial charge >= 0.3 is 6.03 Å². The minimum atomic E-state index is -0.453. The van der Waals surface area contributed by atoms with E-state index in [-0.39, 0.29) is 30.7 Å². The highest BCUT2D eigenvalue weighted by atomic mass is 19.1. The Labute approximate surface area is 144 Å². The lowest BCUT2D eigenvalue weighted by Gasteiger charge is -2.24. The highest BCUT2D eigenvalue weighted by molar-refractivity contribution is 6.04. The van der Waals surface area contributed by atoms with Gasteiger partial charge in [0, 0.05) is 39.4 Å². The van der Waals surface area contributed by atoms with Crippen LogP contribution in [0.15, 0.2) is 18.3 Å². The Morgan fingerprint density at radius 1 is 1.24 bits per heavy atom. The van der Waals surface area contributed by atoms with E-state index in [0.29, 0.717) is 32.6 Å². The Morgan fingerprint density at radius 2 is 2.04 bits per heavy atom. The Bertz CT molecular complexity index is 698. The normalized spacial score (nSPS) is 18.8. The third-order valence-corrected chi connectivity index (χ3v) is 4.41. The van der Waals surface area contributed by atoms with Crippen LogP contribution in [0.25, 0.3) is 0 Å². The summed E-state index contributed by atoms with van der Waals surface area (Å²) in [7, 11) is 1.52. The lowest BCUT2D eigenvalue weighted by atomic mass is 10.3. The average molecular weight is 349 g/mol. The zero-order chi connectivity index (χ0) is 18.0. The van der Waals surface area contributed by atoms with Gasteiger partial charge in [-0.2, -0.15) is 0 Å². The molecule has 0 radical (unpaired) electrons. The number of pyridine rings is 1. The monoisotopic (exact) mass is 349 g/mol. The molecule has 2 aliphatic rings. The zero-order valence-electron chi connectivity index (χ0n) is 14.0. The van der Waals surface area contributed by atoms with Crippen molar-refractivity contribution in [1.82, 2.24) is 19.7 Å². The minimum absolute atomic E-state index is 0.00115. The summed E-state index contributed by atoms with van der Waals surface area (Å²) >= 11 is 0. The van der Waals surface area contributed by atoms with Crippen molar-refractivity contribution in [2.75, 3.05) is 51.2 Å². The van der Waals surface area contributed by atoms with Crippen LogP contribution in [0.1, 0.15) is 6.42 Å². The molecule has 2 aliphatic heterocycles. The number of aromatic nitrogens is 1. The Hall–Kier alpha value is -2.71. The maximum absolute atomic E-state index is 13.9. The number of imide groups is 1. The number of amides is 4. The van der Waals surface area contributed by atoms with Gasteiger partial charge in [0.05, 0.1) is 0 Å². The summed E-state index contributed by atoms with van der Waals surface area (Å²) < 4.78 is 13.9. The van der Waals surface area contributed by atoms with Gasteiger partial charge in [-0.1, -0.05) is 0 Å².